The van der Waals surface area contributed by atoms with Gasteiger partial charge in [0.05, 0.1) is 0 Å². The van der Waals surface area contributed by atoms with Crippen LogP contribution in [0.3, 0.4) is 0 Å². The molecule has 0 spiro atoms. The van der Waals surface area contributed by atoms with Gasteiger partial charge in [-0.15, -0.1) is 6.58 Å². The molecule has 0 saturated heterocycles. The van der Waals surface area contributed by atoms with Crippen molar-refractivity contribution in [2.75, 3.05) is 6.54 Å². The molecule has 0 aromatic heterocycles. The molecule has 0 heterocycles. The molecule has 0 aromatic rings. The summed E-state index contributed by atoms with van der Waals surface area (Å²) in [6, 6.07) is -0.954. The van der Waals surface area contributed by atoms with E-state index in [0.29, 0.717) is 6.54 Å². The van der Waals surface area contributed by atoms with Gasteiger partial charge < -0.3 is 10.0 Å². The van der Waals surface area contributed by atoms with E-state index in [1.165, 1.54) is 6.08 Å². The summed E-state index contributed by atoms with van der Waals surface area (Å²) < 4.78 is 0. The van der Waals surface area contributed by atoms with Crippen molar-refractivity contribution >= 4 is 12.4 Å². The molecule has 0 fully saturated rings. The first kappa shape index (κ1) is 12.7. The number of hydrogen-bond acceptors (Lipinski definition) is 2. The lowest BCUT2D eigenvalue weighted by Crippen LogP contribution is -2.39. The topological polar surface area (TPSA) is 57.6 Å². The average molecular weight is 198 g/mol. The van der Waals surface area contributed by atoms with Crippen LogP contribution in [0.2, 0.25) is 0 Å². The number of carboxylic acids is 1. The van der Waals surface area contributed by atoms with Crippen molar-refractivity contribution in [1.29, 1.82) is 0 Å². The van der Waals surface area contributed by atoms with Crippen LogP contribution in [0.5, 0.6) is 0 Å². The van der Waals surface area contributed by atoms with Crippen molar-refractivity contribution in [3.8, 4) is 0 Å². The van der Waals surface area contributed by atoms with Crippen LogP contribution >= 0.6 is 0 Å². The minimum absolute atomic E-state index is 0.417. The van der Waals surface area contributed by atoms with E-state index < -0.39 is 12.0 Å². The summed E-state index contributed by atoms with van der Waals surface area (Å²) in [6.45, 7) is 5.83. The fraction of sp³-hybridized carbons (Fsp3) is 0.600. The number of unbranched alkanes of at least 4 members (excludes halogenated alkanes) is 2. The lowest BCUT2D eigenvalue weighted by atomic mass is 10.2. The number of carboxylic acid groups (broad SMARTS) is 1. The van der Waals surface area contributed by atoms with Gasteiger partial charge >= 0.3 is 12.4 Å². The standard InChI is InChI=1S/C10H16NO3/c1-3-5-6-7-11(8-12)9(4-2)10(13)14/h4,9H,2-3,5-7H2,1H3,(H,13,14). The number of aliphatic carboxylic acids is 1. The monoisotopic (exact) mass is 198 g/mol. The Morgan fingerprint density at radius 2 is 2.29 bits per heavy atom. The van der Waals surface area contributed by atoms with Gasteiger partial charge in [-0.25, -0.2) is 4.79 Å². The van der Waals surface area contributed by atoms with Crippen molar-refractivity contribution in [1.82, 2.24) is 4.90 Å². The van der Waals surface area contributed by atoms with E-state index in [9.17, 15) is 9.59 Å². The third kappa shape index (κ3) is 4.07. The Kier molecular flexibility index (Phi) is 6.45. The number of amides is 1. The quantitative estimate of drug-likeness (QED) is 0.362. The molecule has 0 aromatic carbocycles. The van der Waals surface area contributed by atoms with Crippen LogP contribution in [-0.2, 0) is 9.59 Å². The third-order valence-corrected chi connectivity index (χ3v) is 1.93. The highest BCUT2D eigenvalue weighted by atomic mass is 16.4. The maximum absolute atomic E-state index is 10.7. The number of carbonyl (C=O) groups is 1. The Balaban J connectivity index is 4.15. The Hall–Kier alpha value is -1.32. The minimum atomic E-state index is -1.07. The van der Waals surface area contributed by atoms with Gasteiger partial charge in [-0.2, -0.15) is 0 Å². The van der Waals surface area contributed by atoms with Gasteiger partial charge in [0.25, 0.3) is 0 Å². The Morgan fingerprint density at radius 3 is 2.64 bits per heavy atom. The van der Waals surface area contributed by atoms with E-state index in [-0.39, 0.29) is 0 Å². The molecule has 1 N–H and O–H groups in total. The molecule has 1 radical (unpaired) electrons. The highest BCUT2D eigenvalue weighted by Gasteiger charge is 2.20. The Labute approximate surface area is 84.2 Å². The largest absolute Gasteiger partial charge is 0.479 e. The maximum atomic E-state index is 10.7. The number of rotatable bonds is 8. The first-order chi connectivity index (χ1) is 6.67. The Bertz CT molecular complexity index is 204. The predicted molar refractivity (Wildman–Crippen MR) is 53.5 cm³/mol. The van der Waals surface area contributed by atoms with E-state index in [1.807, 2.05) is 6.92 Å². The molecule has 4 heteroatoms. The van der Waals surface area contributed by atoms with E-state index in [1.54, 1.807) is 6.41 Å². The Morgan fingerprint density at radius 1 is 1.64 bits per heavy atom. The molecule has 79 valence electrons. The van der Waals surface area contributed by atoms with Gasteiger partial charge in [-0.05, 0) is 6.42 Å². The van der Waals surface area contributed by atoms with Gasteiger partial charge in [-0.1, -0.05) is 25.8 Å². The minimum Gasteiger partial charge on any atom is -0.479 e. The lowest BCUT2D eigenvalue weighted by Gasteiger charge is -2.20. The third-order valence-electron chi connectivity index (χ3n) is 1.93. The maximum Gasteiger partial charge on any atom is 0.330 e. The van der Waals surface area contributed by atoms with Gasteiger partial charge in [-0.3, -0.25) is 4.79 Å². The van der Waals surface area contributed by atoms with Gasteiger partial charge in [0.15, 0.2) is 0 Å². The zero-order chi connectivity index (χ0) is 11.0. The highest BCUT2D eigenvalue weighted by molar-refractivity contribution is 5.78. The van der Waals surface area contributed by atoms with E-state index in [2.05, 4.69) is 6.58 Å². The fourth-order valence-electron chi connectivity index (χ4n) is 1.14. The number of nitrogens with zero attached hydrogens (tertiary/aromatic N) is 1. The second kappa shape index (κ2) is 7.12. The SMILES string of the molecule is C=CC(C(=O)O)N([C]=O)CCCCC. The summed E-state index contributed by atoms with van der Waals surface area (Å²) in [7, 11) is 0. The lowest BCUT2D eigenvalue weighted by molar-refractivity contribution is -0.140. The van der Waals surface area contributed by atoms with Crippen LogP contribution < -0.4 is 0 Å². The molecule has 0 aliphatic rings. The molecule has 0 aliphatic carbocycles. The van der Waals surface area contributed by atoms with Crippen molar-refractivity contribution in [3.05, 3.63) is 12.7 Å². The molecule has 14 heavy (non-hydrogen) atoms. The molecule has 1 amide bonds. The molecular formula is C10H16NO3. The van der Waals surface area contributed by atoms with Crippen molar-refractivity contribution < 1.29 is 14.7 Å². The summed E-state index contributed by atoms with van der Waals surface area (Å²) in [6.07, 6.45) is 5.66. The van der Waals surface area contributed by atoms with Crippen LogP contribution in [0.25, 0.3) is 0 Å². The fourth-order valence-corrected chi connectivity index (χ4v) is 1.14. The van der Waals surface area contributed by atoms with Gasteiger partial charge in [0.2, 0.25) is 0 Å². The van der Waals surface area contributed by atoms with Crippen molar-refractivity contribution in [2.45, 2.75) is 32.2 Å². The van der Waals surface area contributed by atoms with Crippen LogP contribution in [0.4, 0.5) is 0 Å². The van der Waals surface area contributed by atoms with E-state index in [0.717, 1.165) is 24.2 Å². The summed E-state index contributed by atoms with van der Waals surface area (Å²) in [4.78, 5) is 22.3. The van der Waals surface area contributed by atoms with Crippen molar-refractivity contribution in [3.63, 3.8) is 0 Å². The second-order valence-electron chi connectivity index (χ2n) is 3.01. The first-order valence-electron chi connectivity index (χ1n) is 4.67. The zero-order valence-corrected chi connectivity index (χ0v) is 8.40. The normalized spacial score (nSPS) is 11.8. The summed E-state index contributed by atoms with van der Waals surface area (Å²) >= 11 is 0. The van der Waals surface area contributed by atoms with E-state index >= 15 is 0 Å². The predicted octanol–water partition coefficient (Wildman–Crippen LogP) is 1.18. The molecule has 0 bridgehead atoms. The molecule has 1 atom stereocenters. The van der Waals surface area contributed by atoms with Crippen LogP contribution in [0.1, 0.15) is 26.2 Å². The smallest absolute Gasteiger partial charge is 0.330 e. The van der Waals surface area contributed by atoms with Crippen molar-refractivity contribution in [2.24, 2.45) is 0 Å². The summed E-state index contributed by atoms with van der Waals surface area (Å²) in [5.41, 5.74) is 0. The first-order valence-corrected chi connectivity index (χ1v) is 4.67. The summed E-state index contributed by atoms with van der Waals surface area (Å²) in [5, 5.41) is 8.74. The second-order valence-corrected chi connectivity index (χ2v) is 3.01. The van der Waals surface area contributed by atoms with Crippen LogP contribution in [0.15, 0.2) is 12.7 Å². The van der Waals surface area contributed by atoms with Gasteiger partial charge in [0.1, 0.15) is 6.04 Å². The average Bonchev–Trinajstić information content (AvgIpc) is 2.16. The number of carbonyl (C=O) groups excluding carboxylic acids is 1. The van der Waals surface area contributed by atoms with Crippen LogP contribution in [0, 0.1) is 0 Å². The molecule has 0 aliphatic heterocycles. The van der Waals surface area contributed by atoms with Crippen LogP contribution in [-0.4, -0.2) is 35.0 Å². The molecular weight excluding hydrogens is 182 g/mol. The highest BCUT2D eigenvalue weighted by Crippen LogP contribution is 2.02. The zero-order valence-electron chi connectivity index (χ0n) is 8.40. The molecule has 4 nitrogen and oxygen atoms in total. The van der Waals surface area contributed by atoms with E-state index in [4.69, 9.17) is 5.11 Å². The summed E-state index contributed by atoms with van der Waals surface area (Å²) in [5.74, 6) is -1.07. The molecule has 1 unspecified atom stereocenters. The molecule has 0 rings (SSSR count). The number of hydrogen-bond donors (Lipinski definition) is 1. The molecule has 0 saturated carbocycles. The van der Waals surface area contributed by atoms with Gasteiger partial charge in [0, 0.05) is 6.54 Å².